The topological polar surface area (TPSA) is 84.4 Å². The molecule has 0 saturated carbocycles. The number of aromatic nitrogens is 2. The Bertz CT molecular complexity index is 450. The summed E-state index contributed by atoms with van der Waals surface area (Å²) in [6, 6.07) is 1.04. The second kappa shape index (κ2) is 7.42. The van der Waals surface area contributed by atoms with Gasteiger partial charge >= 0.3 is 5.97 Å². The Labute approximate surface area is 118 Å². The molecule has 1 N–H and O–H groups in total. The van der Waals surface area contributed by atoms with Gasteiger partial charge in [-0.15, -0.1) is 0 Å². The number of rotatable bonds is 6. The maximum absolute atomic E-state index is 11.9. The van der Waals surface area contributed by atoms with E-state index in [4.69, 9.17) is 0 Å². The van der Waals surface area contributed by atoms with E-state index in [1.165, 1.54) is 7.11 Å². The lowest BCUT2D eigenvalue weighted by Gasteiger charge is -2.22. The van der Waals surface area contributed by atoms with Crippen molar-refractivity contribution in [2.24, 2.45) is 5.92 Å². The Morgan fingerprint density at radius 1 is 1.35 bits per heavy atom. The van der Waals surface area contributed by atoms with Gasteiger partial charge in [-0.1, -0.05) is 13.8 Å². The molecule has 0 aliphatic carbocycles. The van der Waals surface area contributed by atoms with Crippen LogP contribution in [-0.2, 0) is 14.3 Å². The molecule has 0 aliphatic heterocycles. The molecular formula is C13H20N4O3. The number of esters is 1. The van der Waals surface area contributed by atoms with Crippen molar-refractivity contribution in [2.75, 3.05) is 25.6 Å². The van der Waals surface area contributed by atoms with E-state index in [1.54, 1.807) is 30.4 Å². The van der Waals surface area contributed by atoms with Gasteiger partial charge in [-0.05, 0) is 12.0 Å². The van der Waals surface area contributed by atoms with Crippen molar-refractivity contribution in [2.45, 2.75) is 19.9 Å². The number of carbonyl (C=O) groups excluding carboxylic acids is 2. The summed E-state index contributed by atoms with van der Waals surface area (Å²) in [7, 11) is 3.01. The number of anilines is 1. The zero-order valence-electron chi connectivity index (χ0n) is 12.2. The molecule has 110 valence electrons. The molecule has 0 spiro atoms. The molecule has 20 heavy (non-hydrogen) atoms. The molecule has 0 saturated heterocycles. The highest BCUT2D eigenvalue weighted by molar-refractivity contribution is 5.86. The van der Waals surface area contributed by atoms with Gasteiger partial charge in [-0.2, -0.15) is 0 Å². The average Bonchev–Trinajstić information content (AvgIpc) is 2.44. The summed E-state index contributed by atoms with van der Waals surface area (Å²) < 4.78 is 4.67. The van der Waals surface area contributed by atoms with E-state index >= 15 is 0 Å². The van der Waals surface area contributed by atoms with E-state index in [0.717, 1.165) is 0 Å². The van der Waals surface area contributed by atoms with E-state index in [2.05, 4.69) is 20.0 Å². The van der Waals surface area contributed by atoms with E-state index in [0.29, 0.717) is 5.95 Å². The first-order valence-electron chi connectivity index (χ1n) is 6.31. The lowest BCUT2D eigenvalue weighted by molar-refractivity contribution is -0.146. The van der Waals surface area contributed by atoms with Gasteiger partial charge in [0.05, 0.1) is 13.7 Å². The third kappa shape index (κ3) is 4.49. The second-order valence-electron chi connectivity index (χ2n) is 4.72. The zero-order chi connectivity index (χ0) is 15.1. The number of methoxy groups -OCH3 is 1. The first kappa shape index (κ1) is 15.9. The van der Waals surface area contributed by atoms with Crippen molar-refractivity contribution >= 4 is 17.8 Å². The average molecular weight is 280 g/mol. The fourth-order valence-electron chi connectivity index (χ4n) is 1.62. The number of hydrogen-bond donors (Lipinski definition) is 1. The molecule has 0 aromatic carbocycles. The lowest BCUT2D eigenvalue weighted by Crippen LogP contribution is -2.48. The summed E-state index contributed by atoms with van der Waals surface area (Å²) in [5.74, 6) is -0.345. The maximum atomic E-state index is 11.9. The molecule has 1 aromatic heterocycles. The van der Waals surface area contributed by atoms with Crippen LogP contribution in [-0.4, -0.2) is 48.6 Å². The molecular weight excluding hydrogens is 260 g/mol. The Kier molecular flexibility index (Phi) is 5.89. The first-order chi connectivity index (χ1) is 9.45. The lowest BCUT2D eigenvalue weighted by atomic mass is 10.0. The highest BCUT2D eigenvalue weighted by Crippen LogP contribution is 2.05. The summed E-state index contributed by atoms with van der Waals surface area (Å²) in [6.07, 6.45) is 3.20. The molecule has 0 fully saturated rings. The van der Waals surface area contributed by atoms with Crippen LogP contribution in [0.25, 0.3) is 0 Å². The number of amides is 1. The third-order valence-electron chi connectivity index (χ3n) is 2.71. The summed E-state index contributed by atoms with van der Waals surface area (Å²) in [5, 5.41) is 2.66. The number of likely N-dealkylation sites (N-methyl/N-ethyl adjacent to an activating group) is 1. The number of hydrogen-bond acceptors (Lipinski definition) is 6. The van der Waals surface area contributed by atoms with Crippen LogP contribution in [0.3, 0.4) is 0 Å². The molecule has 0 radical (unpaired) electrons. The van der Waals surface area contributed by atoms with Gasteiger partial charge in [-0.3, -0.25) is 4.79 Å². The number of nitrogens with zero attached hydrogens (tertiary/aromatic N) is 3. The molecule has 1 aromatic rings. The van der Waals surface area contributed by atoms with Crippen LogP contribution in [0.5, 0.6) is 0 Å². The highest BCUT2D eigenvalue weighted by Gasteiger charge is 2.25. The van der Waals surface area contributed by atoms with Crippen molar-refractivity contribution in [1.29, 1.82) is 0 Å². The van der Waals surface area contributed by atoms with Crippen LogP contribution < -0.4 is 10.2 Å². The van der Waals surface area contributed by atoms with Gasteiger partial charge in [0, 0.05) is 19.4 Å². The summed E-state index contributed by atoms with van der Waals surface area (Å²) in [6.45, 7) is 3.74. The SMILES string of the molecule is COC(=O)C(NC(=O)CN(C)c1ncccn1)C(C)C. The Morgan fingerprint density at radius 2 is 1.95 bits per heavy atom. The van der Waals surface area contributed by atoms with E-state index in [1.807, 2.05) is 13.8 Å². The van der Waals surface area contributed by atoms with Crippen LogP contribution in [0.1, 0.15) is 13.8 Å². The Morgan fingerprint density at radius 3 is 2.45 bits per heavy atom. The molecule has 7 nitrogen and oxygen atoms in total. The molecule has 1 amide bonds. The molecule has 1 rings (SSSR count). The minimum absolute atomic E-state index is 0.0512. The van der Waals surface area contributed by atoms with Gasteiger partial charge in [0.15, 0.2) is 0 Å². The van der Waals surface area contributed by atoms with Crippen molar-refractivity contribution in [3.8, 4) is 0 Å². The normalized spacial score (nSPS) is 11.8. The number of nitrogens with one attached hydrogen (secondary N) is 1. The molecule has 1 unspecified atom stereocenters. The monoisotopic (exact) mass is 280 g/mol. The molecule has 1 heterocycles. The van der Waals surface area contributed by atoms with Crippen LogP contribution >= 0.6 is 0 Å². The second-order valence-corrected chi connectivity index (χ2v) is 4.72. The van der Waals surface area contributed by atoms with Crippen molar-refractivity contribution in [3.05, 3.63) is 18.5 Å². The third-order valence-corrected chi connectivity index (χ3v) is 2.71. The van der Waals surface area contributed by atoms with E-state index in [-0.39, 0.29) is 18.4 Å². The van der Waals surface area contributed by atoms with E-state index in [9.17, 15) is 9.59 Å². The summed E-state index contributed by atoms with van der Waals surface area (Å²) in [4.78, 5) is 33.2. The van der Waals surface area contributed by atoms with Gasteiger partial charge in [0.1, 0.15) is 6.04 Å². The molecule has 7 heteroatoms. The van der Waals surface area contributed by atoms with Gasteiger partial charge in [0.25, 0.3) is 0 Å². The fourth-order valence-corrected chi connectivity index (χ4v) is 1.62. The van der Waals surface area contributed by atoms with Crippen LogP contribution in [0.15, 0.2) is 18.5 Å². The van der Waals surface area contributed by atoms with Gasteiger partial charge in [-0.25, -0.2) is 14.8 Å². The van der Waals surface area contributed by atoms with Crippen LogP contribution in [0.2, 0.25) is 0 Å². The molecule has 0 bridgehead atoms. The van der Waals surface area contributed by atoms with E-state index < -0.39 is 12.0 Å². The summed E-state index contributed by atoms with van der Waals surface area (Å²) >= 11 is 0. The maximum Gasteiger partial charge on any atom is 0.328 e. The predicted molar refractivity (Wildman–Crippen MR) is 74.1 cm³/mol. The Balaban J connectivity index is 2.60. The smallest absolute Gasteiger partial charge is 0.328 e. The standard InChI is InChI=1S/C13H20N4O3/c1-9(2)11(12(19)20-4)16-10(18)8-17(3)13-14-6-5-7-15-13/h5-7,9,11H,8H2,1-4H3,(H,16,18). The summed E-state index contributed by atoms with van der Waals surface area (Å²) in [5.41, 5.74) is 0. The van der Waals surface area contributed by atoms with Gasteiger partial charge in [0.2, 0.25) is 11.9 Å². The Hall–Kier alpha value is -2.18. The molecule has 0 aliphatic rings. The van der Waals surface area contributed by atoms with Crippen molar-refractivity contribution in [3.63, 3.8) is 0 Å². The highest BCUT2D eigenvalue weighted by atomic mass is 16.5. The predicted octanol–water partition coefficient (Wildman–Crippen LogP) is 0.227. The first-order valence-corrected chi connectivity index (χ1v) is 6.31. The minimum atomic E-state index is -0.655. The van der Waals surface area contributed by atoms with Crippen molar-refractivity contribution in [1.82, 2.24) is 15.3 Å². The van der Waals surface area contributed by atoms with Crippen LogP contribution in [0.4, 0.5) is 5.95 Å². The zero-order valence-corrected chi connectivity index (χ0v) is 12.2. The molecule has 1 atom stereocenters. The fraction of sp³-hybridized carbons (Fsp3) is 0.538. The van der Waals surface area contributed by atoms with Gasteiger partial charge < -0.3 is 15.0 Å². The number of ether oxygens (including phenoxy) is 1. The van der Waals surface area contributed by atoms with Crippen molar-refractivity contribution < 1.29 is 14.3 Å². The van der Waals surface area contributed by atoms with Crippen LogP contribution in [0, 0.1) is 5.92 Å². The number of carbonyl (C=O) groups is 2. The quantitative estimate of drug-likeness (QED) is 0.751. The largest absolute Gasteiger partial charge is 0.467 e. The minimum Gasteiger partial charge on any atom is -0.467 e.